The molecular formula is C14H25N3O2. The predicted molar refractivity (Wildman–Crippen MR) is 72.7 cm³/mol. The van der Waals surface area contributed by atoms with E-state index in [4.69, 9.17) is 10.5 Å². The van der Waals surface area contributed by atoms with Gasteiger partial charge in [-0.05, 0) is 58.3 Å². The summed E-state index contributed by atoms with van der Waals surface area (Å²) in [6.07, 6.45) is 5.28. The number of nitrogens with two attached hydrogens (primary N) is 1. The number of nitrogens with one attached hydrogen (secondary N) is 1. The normalized spacial score (nSPS) is 32.7. The molecule has 3 aliphatic rings. The second-order valence-corrected chi connectivity index (χ2v) is 6.31. The van der Waals surface area contributed by atoms with E-state index in [0.717, 1.165) is 64.9 Å². The summed E-state index contributed by atoms with van der Waals surface area (Å²) in [5, 5.41) is 3.40. The lowest BCUT2D eigenvalue weighted by Crippen LogP contribution is -2.46. The molecule has 0 bridgehead atoms. The van der Waals surface area contributed by atoms with Crippen LogP contribution >= 0.6 is 0 Å². The SMILES string of the molecule is NC(=O)C1CCN([C@@H]2COC3(CCNCC3)C2)CC1. The minimum absolute atomic E-state index is 0.0893. The number of piperidine rings is 2. The fraction of sp³-hybridized carbons (Fsp3) is 0.929. The Hall–Kier alpha value is -0.650. The number of hydrogen-bond acceptors (Lipinski definition) is 4. The highest BCUT2D eigenvalue weighted by Gasteiger charge is 2.43. The fourth-order valence-electron chi connectivity index (χ4n) is 3.83. The zero-order chi connectivity index (χ0) is 13.3. The first-order chi connectivity index (χ1) is 9.19. The van der Waals surface area contributed by atoms with Crippen molar-refractivity contribution in [3.05, 3.63) is 0 Å². The Morgan fingerprint density at radius 1 is 1.26 bits per heavy atom. The number of nitrogens with zero attached hydrogens (tertiary/aromatic N) is 1. The van der Waals surface area contributed by atoms with Crippen LogP contribution in [0.15, 0.2) is 0 Å². The maximum Gasteiger partial charge on any atom is 0.220 e. The van der Waals surface area contributed by atoms with Crippen LogP contribution in [0.3, 0.4) is 0 Å². The topological polar surface area (TPSA) is 67.6 Å². The molecule has 3 saturated heterocycles. The molecule has 5 heteroatoms. The van der Waals surface area contributed by atoms with E-state index in [1.54, 1.807) is 0 Å². The molecule has 3 fully saturated rings. The maximum atomic E-state index is 11.2. The van der Waals surface area contributed by atoms with Crippen LogP contribution in [0.5, 0.6) is 0 Å². The second-order valence-electron chi connectivity index (χ2n) is 6.31. The van der Waals surface area contributed by atoms with Crippen molar-refractivity contribution < 1.29 is 9.53 Å². The van der Waals surface area contributed by atoms with Crippen molar-refractivity contribution in [2.75, 3.05) is 32.8 Å². The highest BCUT2D eigenvalue weighted by atomic mass is 16.5. The third-order valence-corrected chi connectivity index (χ3v) is 5.15. The van der Waals surface area contributed by atoms with Gasteiger partial charge in [0.1, 0.15) is 0 Å². The highest BCUT2D eigenvalue weighted by Crippen LogP contribution is 2.36. The van der Waals surface area contributed by atoms with E-state index < -0.39 is 0 Å². The number of primary amides is 1. The minimum Gasteiger partial charge on any atom is -0.373 e. The van der Waals surface area contributed by atoms with Gasteiger partial charge in [-0.2, -0.15) is 0 Å². The molecule has 0 aromatic heterocycles. The molecule has 0 aromatic rings. The smallest absolute Gasteiger partial charge is 0.220 e. The molecule has 19 heavy (non-hydrogen) atoms. The van der Waals surface area contributed by atoms with Crippen LogP contribution in [0.2, 0.25) is 0 Å². The van der Waals surface area contributed by atoms with Gasteiger partial charge in [0, 0.05) is 12.0 Å². The van der Waals surface area contributed by atoms with Gasteiger partial charge in [-0.15, -0.1) is 0 Å². The summed E-state index contributed by atoms with van der Waals surface area (Å²) in [5.74, 6) is -0.0384. The number of ether oxygens (including phenoxy) is 1. The van der Waals surface area contributed by atoms with Crippen molar-refractivity contribution in [2.45, 2.75) is 43.7 Å². The maximum absolute atomic E-state index is 11.2. The van der Waals surface area contributed by atoms with Crippen LogP contribution in [0.4, 0.5) is 0 Å². The van der Waals surface area contributed by atoms with E-state index in [2.05, 4.69) is 10.2 Å². The van der Waals surface area contributed by atoms with Gasteiger partial charge in [-0.1, -0.05) is 0 Å². The zero-order valence-electron chi connectivity index (χ0n) is 11.6. The Kier molecular flexibility index (Phi) is 3.78. The molecule has 3 rings (SSSR count). The van der Waals surface area contributed by atoms with Crippen LogP contribution in [-0.2, 0) is 9.53 Å². The molecule has 1 atom stereocenters. The van der Waals surface area contributed by atoms with E-state index in [1.165, 1.54) is 0 Å². The van der Waals surface area contributed by atoms with Crippen LogP contribution in [0.25, 0.3) is 0 Å². The zero-order valence-corrected chi connectivity index (χ0v) is 11.6. The van der Waals surface area contributed by atoms with Crippen molar-refractivity contribution in [1.82, 2.24) is 10.2 Å². The lowest BCUT2D eigenvalue weighted by atomic mass is 9.87. The summed E-state index contributed by atoms with van der Waals surface area (Å²) < 4.78 is 6.15. The number of amides is 1. The number of rotatable bonds is 2. The molecule has 108 valence electrons. The number of likely N-dealkylation sites (tertiary alicyclic amines) is 1. The van der Waals surface area contributed by atoms with Crippen LogP contribution in [-0.4, -0.2) is 55.2 Å². The summed E-state index contributed by atoms with van der Waals surface area (Å²) in [6.45, 7) is 5.01. The molecule has 0 aromatic carbocycles. The first kappa shape index (κ1) is 13.3. The standard InChI is InChI=1S/C14H25N3O2/c15-13(18)11-1-7-17(8-2-11)12-9-14(19-10-12)3-5-16-6-4-14/h11-12,16H,1-10H2,(H2,15,18)/t12-/m0/s1. The Labute approximate surface area is 114 Å². The quantitative estimate of drug-likeness (QED) is 0.744. The lowest BCUT2D eigenvalue weighted by molar-refractivity contribution is -0.123. The predicted octanol–water partition coefficient (Wildman–Crippen LogP) is 0.0948. The summed E-state index contributed by atoms with van der Waals surface area (Å²) >= 11 is 0. The molecular weight excluding hydrogens is 242 g/mol. The van der Waals surface area contributed by atoms with Crippen molar-refractivity contribution in [1.29, 1.82) is 0 Å². The van der Waals surface area contributed by atoms with Crippen molar-refractivity contribution in [3.8, 4) is 0 Å². The molecule has 5 nitrogen and oxygen atoms in total. The summed E-state index contributed by atoms with van der Waals surface area (Å²) in [5.41, 5.74) is 5.52. The summed E-state index contributed by atoms with van der Waals surface area (Å²) in [4.78, 5) is 13.7. The van der Waals surface area contributed by atoms with E-state index in [-0.39, 0.29) is 17.4 Å². The lowest BCUT2D eigenvalue weighted by Gasteiger charge is -2.36. The van der Waals surface area contributed by atoms with E-state index in [9.17, 15) is 4.79 Å². The average Bonchev–Trinajstić information content (AvgIpc) is 2.83. The Morgan fingerprint density at radius 3 is 2.58 bits per heavy atom. The van der Waals surface area contributed by atoms with Gasteiger partial charge in [-0.3, -0.25) is 9.69 Å². The van der Waals surface area contributed by atoms with Crippen LogP contribution in [0.1, 0.15) is 32.1 Å². The third-order valence-electron chi connectivity index (χ3n) is 5.15. The molecule has 0 radical (unpaired) electrons. The van der Waals surface area contributed by atoms with Crippen LogP contribution < -0.4 is 11.1 Å². The summed E-state index contributed by atoms with van der Waals surface area (Å²) in [7, 11) is 0. The molecule has 0 saturated carbocycles. The van der Waals surface area contributed by atoms with Crippen molar-refractivity contribution >= 4 is 5.91 Å². The molecule has 0 aliphatic carbocycles. The van der Waals surface area contributed by atoms with Crippen LogP contribution in [0, 0.1) is 5.92 Å². The van der Waals surface area contributed by atoms with Gasteiger partial charge in [0.15, 0.2) is 0 Å². The number of hydrogen-bond donors (Lipinski definition) is 2. The Morgan fingerprint density at radius 2 is 1.95 bits per heavy atom. The molecule has 3 heterocycles. The van der Waals surface area contributed by atoms with E-state index in [0.29, 0.717) is 6.04 Å². The molecule has 3 aliphatic heterocycles. The summed E-state index contributed by atoms with van der Waals surface area (Å²) in [6, 6.07) is 0.548. The number of carbonyl (C=O) groups is 1. The van der Waals surface area contributed by atoms with Gasteiger partial charge >= 0.3 is 0 Å². The van der Waals surface area contributed by atoms with Gasteiger partial charge in [-0.25, -0.2) is 0 Å². The fourth-order valence-corrected chi connectivity index (χ4v) is 3.83. The molecule has 1 amide bonds. The average molecular weight is 267 g/mol. The van der Waals surface area contributed by atoms with Gasteiger partial charge < -0.3 is 15.8 Å². The van der Waals surface area contributed by atoms with E-state index >= 15 is 0 Å². The van der Waals surface area contributed by atoms with Gasteiger partial charge in [0.25, 0.3) is 0 Å². The van der Waals surface area contributed by atoms with Gasteiger partial charge in [0.2, 0.25) is 5.91 Å². The van der Waals surface area contributed by atoms with Crippen molar-refractivity contribution in [3.63, 3.8) is 0 Å². The minimum atomic E-state index is -0.128. The molecule has 0 unspecified atom stereocenters. The Balaban J connectivity index is 1.53. The largest absolute Gasteiger partial charge is 0.373 e. The second kappa shape index (κ2) is 5.38. The monoisotopic (exact) mass is 267 g/mol. The van der Waals surface area contributed by atoms with E-state index in [1.807, 2.05) is 0 Å². The van der Waals surface area contributed by atoms with Crippen molar-refractivity contribution in [2.24, 2.45) is 11.7 Å². The van der Waals surface area contributed by atoms with Gasteiger partial charge in [0.05, 0.1) is 12.2 Å². The first-order valence-corrected chi connectivity index (χ1v) is 7.57. The Bertz CT molecular complexity index is 334. The molecule has 1 spiro atoms. The molecule has 3 N–H and O–H groups in total. The highest BCUT2D eigenvalue weighted by molar-refractivity contribution is 5.76. The number of carbonyl (C=O) groups excluding carboxylic acids is 1. The first-order valence-electron chi connectivity index (χ1n) is 7.57. The third kappa shape index (κ3) is 2.78.